The Balaban J connectivity index is 1.93. The van der Waals surface area contributed by atoms with Gasteiger partial charge in [0.1, 0.15) is 6.10 Å². The van der Waals surface area contributed by atoms with Crippen molar-refractivity contribution in [3.05, 3.63) is 23.1 Å². The lowest BCUT2D eigenvalue weighted by atomic mass is 10.1. The molecule has 0 bridgehead atoms. The van der Waals surface area contributed by atoms with Crippen LogP contribution in [0.25, 0.3) is 0 Å². The van der Waals surface area contributed by atoms with Gasteiger partial charge in [-0.3, -0.25) is 0 Å². The summed E-state index contributed by atoms with van der Waals surface area (Å²) in [6, 6.07) is 1.23. The Morgan fingerprint density at radius 2 is 2.24 bits per heavy atom. The minimum Gasteiger partial charge on any atom is -0.472 e. The fourth-order valence-electron chi connectivity index (χ4n) is 1.99. The number of ether oxygens (including phenoxy) is 1. The summed E-state index contributed by atoms with van der Waals surface area (Å²) in [4.78, 5) is 6.22. The smallest absolute Gasteiger partial charge is 0.250 e. The maximum absolute atomic E-state index is 13.5. The Kier molecular flexibility index (Phi) is 4.18. The molecule has 1 aromatic rings. The number of halogens is 2. The number of piperidine rings is 1. The molecule has 0 aliphatic carbocycles. The standard InChI is InChI=1S/C12H16ClFN2O/c1-2-16-5-3-10(4-6-16)17-12-11(14)7-9(13)8-15-12/h7-8,10H,2-6H2,1H3. The summed E-state index contributed by atoms with van der Waals surface area (Å²) in [5.41, 5.74) is 0. The van der Waals surface area contributed by atoms with Crippen molar-refractivity contribution < 1.29 is 9.13 Å². The van der Waals surface area contributed by atoms with Crippen LogP contribution in [-0.2, 0) is 0 Å². The van der Waals surface area contributed by atoms with Gasteiger partial charge in [-0.25, -0.2) is 9.37 Å². The third kappa shape index (κ3) is 3.30. The zero-order chi connectivity index (χ0) is 12.3. The Hall–Kier alpha value is -0.870. The van der Waals surface area contributed by atoms with E-state index in [1.807, 2.05) is 0 Å². The van der Waals surface area contributed by atoms with Gasteiger partial charge in [0.2, 0.25) is 0 Å². The quantitative estimate of drug-likeness (QED) is 0.834. The molecule has 1 aromatic heterocycles. The van der Waals surface area contributed by atoms with Gasteiger partial charge in [0, 0.05) is 19.3 Å². The molecule has 0 unspecified atom stereocenters. The van der Waals surface area contributed by atoms with Crippen molar-refractivity contribution in [2.75, 3.05) is 19.6 Å². The minimum absolute atomic E-state index is 0.0565. The number of hydrogen-bond donors (Lipinski definition) is 0. The summed E-state index contributed by atoms with van der Waals surface area (Å²) in [6.07, 6.45) is 3.29. The number of nitrogens with zero attached hydrogens (tertiary/aromatic N) is 2. The first-order valence-electron chi connectivity index (χ1n) is 5.89. The molecule has 1 fully saturated rings. The summed E-state index contributed by atoms with van der Waals surface area (Å²) in [7, 11) is 0. The molecule has 2 heterocycles. The molecule has 0 amide bonds. The van der Waals surface area contributed by atoms with Crippen molar-refractivity contribution >= 4 is 11.6 Å². The first-order valence-corrected chi connectivity index (χ1v) is 6.27. The zero-order valence-corrected chi connectivity index (χ0v) is 10.6. The molecule has 94 valence electrons. The molecule has 0 saturated carbocycles. The summed E-state index contributed by atoms with van der Waals surface area (Å²) >= 11 is 5.63. The summed E-state index contributed by atoms with van der Waals surface area (Å²) in [5.74, 6) is -0.431. The number of aromatic nitrogens is 1. The molecule has 0 aromatic carbocycles. The Labute approximate surface area is 106 Å². The number of pyridine rings is 1. The molecular formula is C12H16ClFN2O. The molecule has 0 spiro atoms. The minimum atomic E-state index is -0.490. The maximum Gasteiger partial charge on any atom is 0.250 e. The third-order valence-electron chi connectivity index (χ3n) is 3.03. The van der Waals surface area contributed by atoms with Crippen LogP contribution in [0.5, 0.6) is 5.88 Å². The predicted octanol–water partition coefficient (Wildman–Crippen LogP) is 2.74. The van der Waals surface area contributed by atoms with Crippen LogP contribution in [0.1, 0.15) is 19.8 Å². The SMILES string of the molecule is CCN1CCC(Oc2ncc(Cl)cc2F)CC1. The average Bonchev–Trinajstić information content (AvgIpc) is 2.34. The molecule has 0 radical (unpaired) electrons. The van der Waals surface area contributed by atoms with Crippen molar-refractivity contribution in [2.24, 2.45) is 0 Å². The first-order chi connectivity index (χ1) is 8.19. The van der Waals surface area contributed by atoms with Crippen molar-refractivity contribution in [1.82, 2.24) is 9.88 Å². The Morgan fingerprint density at radius 3 is 2.82 bits per heavy atom. The lowest BCUT2D eigenvalue weighted by molar-refractivity contribution is 0.0959. The van der Waals surface area contributed by atoms with Gasteiger partial charge >= 0.3 is 0 Å². The normalized spacial score (nSPS) is 18.3. The molecule has 2 rings (SSSR count). The molecule has 17 heavy (non-hydrogen) atoms. The second-order valence-electron chi connectivity index (χ2n) is 4.19. The molecular weight excluding hydrogens is 243 g/mol. The number of rotatable bonds is 3. The highest BCUT2D eigenvalue weighted by Crippen LogP contribution is 2.21. The summed E-state index contributed by atoms with van der Waals surface area (Å²) < 4.78 is 19.0. The van der Waals surface area contributed by atoms with Crippen LogP contribution < -0.4 is 4.74 Å². The van der Waals surface area contributed by atoms with Gasteiger partial charge in [0.05, 0.1) is 5.02 Å². The maximum atomic E-state index is 13.5. The van der Waals surface area contributed by atoms with Crippen molar-refractivity contribution in [3.63, 3.8) is 0 Å². The van der Waals surface area contributed by atoms with Crippen molar-refractivity contribution in [2.45, 2.75) is 25.9 Å². The highest BCUT2D eigenvalue weighted by molar-refractivity contribution is 6.30. The molecule has 1 saturated heterocycles. The van der Waals surface area contributed by atoms with Gasteiger partial charge in [0.15, 0.2) is 5.82 Å². The van der Waals surface area contributed by atoms with E-state index in [-0.39, 0.29) is 17.0 Å². The lowest BCUT2D eigenvalue weighted by Gasteiger charge is -2.30. The van der Waals surface area contributed by atoms with Crippen molar-refractivity contribution in [1.29, 1.82) is 0 Å². The first kappa shape index (κ1) is 12.6. The van der Waals surface area contributed by atoms with Gasteiger partial charge in [-0.05, 0) is 25.5 Å². The highest BCUT2D eigenvalue weighted by Gasteiger charge is 2.21. The Bertz CT molecular complexity index is 381. The fraction of sp³-hybridized carbons (Fsp3) is 0.583. The van der Waals surface area contributed by atoms with E-state index >= 15 is 0 Å². The fourth-order valence-corrected chi connectivity index (χ4v) is 2.13. The summed E-state index contributed by atoms with van der Waals surface area (Å²) in [5, 5.41) is 0.288. The van der Waals surface area contributed by atoms with Crippen LogP contribution in [0, 0.1) is 5.82 Å². The zero-order valence-electron chi connectivity index (χ0n) is 9.83. The summed E-state index contributed by atoms with van der Waals surface area (Å²) in [6.45, 7) is 5.19. The van der Waals surface area contributed by atoms with Gasteiger partial charge in [0.25, 0.3) is 5.88 Å². The van der Waals surface area contributed by atoms with Crippen LogP contribution in [-0.4, -0.2) is 35.6 Å². The van der Waals surface area contributed by atoms with E-state index in [4.69, 9.17) is 16.3 Å². The molecule has 1 aliphatic rings. The van der Waals surface area contributed by atoms with Gasteiger partial charge in [-0.2, -0.15) is 0 Å². The van der Waals surface area contributed by atoms with E-state index < -0.39 is 5.82 Å². The average molecular weight is 259 g/mol. The van der Waals surface area contributed by atoms with E-state index in [1.54, 1.807) is 0 Å². The number of hydrogen-bond acceptors (Lipinski definition) is 3. The van der Waals surface area contributed by atoms with E-state index in [0.717, 1.165) is 32.5 Å². The lowest BCUT2D eigenvalue weighted by Crippen LogP contribution is -2.38. The van der Waals surface area contributed by atoms with Gasteiger partial charge in [-0.1, -0.05) is 18.5 Å². The monoisotopic (exact) mass is 258 g/mol. The highest BCUT2D eigenvalue weighted by atomic mass is 35.5. The second-order valence-corrected chi connectivity index (χ2v) is 4.63. The van der Waals surface area contributed by atoms with Gasteiger partial charge < -0.3 is 9.64 Å². The second kappa shape index (κ2) is 5.65. The van der Waals surface area contributed by atoms with Crippen LogP contribution in [0.15, 0.2) is 12.3 Å². The van der Waals surface area contributed by atoms with E-state index in [0.29, 0.717) is 0 Å². The van der Waals surface area contributed by atoms with Crippen LogP contribution in [0.3, 0.4) is 0 Å². The third-order valence-corrected chi connectivity index (χ3v) is 3.24. The van der Waals surface area contributed by atoms with Crippen LogP contribution in [0.4, 0.5) is 4.39 Å². The van der Waals surface area contributed by atoms with E-state index in [2.05, 4.69) is 16.8 Å². The molecule has 5 heteroatoms. The number of likely N-dealkylation sites (tertiary alicyclic amines) is 1. The predicted molar refractivity (Wildman–Crippen MR) is 65.0 cm³/mol. The van der Waals surface area contributed by atoms with Gasteiger partial charge in [-0.15, -0.1) is 0 Å². The largest absolute Gasteiger partial charge is 0.472 e. The molecule has 1 aliphatic heterocycles. The van der Waals surface area contributed by atoms with Crippen LogP contribution in [0.2, 0.25) is 5.02 Å². The van der Waals surface area contributed by atoms with E-state index in [1.165, 1.54) is 12.3 Å². The molecule has 3 nitrogen and oxygen atoms in total. The Morgan fingerprint density at radius 1 is 1.53 bits per heavy atom. The van der Waals surface area contributed by atoms with Crippen LogP contribution >= 0.6 is 11.6 Å². The topological polar surface area (TPSA) is 25.4 Å². The van der Waals surface area contributed by atoms with Crippen molar-refractivity contribution in [3.8, 4) is 5.88 Å². The molecule has 0 N–H and O–H groups in total. The molecule has 0 atom stereocenters. The van der Waals surface area contributed by atoms with E-state index in [9.17, 15) is 4.39 Å².